The lowest BCUT2D eigenvalue weighted by Crippen LogP contribution is -2.41. The number of anilines is 1. The van der Waals surface area contributed by atoms with Crippen LogP contribution in [0.3, 0.4) is 0 Å². The molecule has 1 heterocycles. The SMILES string of the molecule is COc1ccc(NC(=O)C2CCN(C(=O)c3ccc(F)cc3F)CC2)cc1Cc1ccccc1. The van der Waals surface area contributed by atoms with Crippen molar-refractivity contribution in [3.8, 4) is 5.75 Å². The van der Waals surface area contributed by atoms with Gasteiger partial charge in [-0.15, -0.1) is 0 Å². The van der Waals surface area contributed by atoms with Crippen LogP contribution in [0, 0.1) is 17.6 Å². The highest BCUT2D eigenvalue weighted by atomic mass is 19.1. The molecule has 0 aliphatic carbocycles. The second-order valence-corrected chi connectivity index (χ2v) is 8.37. The molecule has 7 heteroatoms. The maximum Gasteiger partial charge on any atom is 0.256 e. The first kappa shape index (κ1) is 23.4. The molecule has 0 aromatic heterocycles. The first-order chi connectivity index (χ1) is 16.4. The Kier molecular flexibility index (Phi) is 7.21. The molecule has 0 radical (unpaired) electrons. The van der Waals surface area contributed by atoms with Gasteiger partial charge in [-0.2, -0.15) is 0 Å². The third kappa shape index (κ3) is 5.42. The largest absolute Gasteiger partial charge is 0.496 e. The molecule has 1 fully saturated rings. The standard InChI is InChI=1S/C27H26F2N2O3/c1-34-25-10-8-22(16-20(25)15-18-5-3-2-4-6-18)30-26(32)19-11-13-31(14-12-19)27(33)23-9-7-21(28)17-24(23)29/h2-10,16-17,19H,11-15H2,1H3,(H,30,32). The quantitative estimate of drug-likeness (QED) is 0.555. The second-order valence-electron chi connectivity index (χ2n) is 8.37. The Balaban J connectivity index is 1.37. The van der Waals surface area contributed by atoms with E-state index in [9.17, 15) is 18.4 Å². The molecule has 1 N–H and O–H groups in total. The van der Waals surface area contributed by atoms with Crippen molar-refractivity contribution >= 4 is 17.5 Å². The summed E-state index contributed by atoms with van der Waals surface area (Å²) in [6.07, 6.45) is 1.61. The number of nitrogens with one attached hydrogen (secondary N) is 1. The molecule has 1 aliphatic rings. The number of amides is 2. The van der Waals surface area contributed by atoms with Crippen LogP contribution in [0.1, 0.15) is 34.3 Å². The average Bonchev–Trinajstić information content (AvgIpc) is 2.84. The molecule has 3 aromatic rings. The Bertz CT molecular complexity index is 1180. The van der Waals surface area contributed by atoms with Crippen LogP contribution in [0.15, 0.2) is 66.7 Å². The predicted molar refractivity (Wildman–Crippen MR) is 126 cm³/mol. The molecule has 34 heavy (non-hydrogen) atoms. The molecule has 0 bridgehead atoms. The van der Waals surface area contributed by atoms with E-state index in [-0.39, 0.29) is 17.4 Å². The Hall–Kier alpha value is -3.74. The number of likely N-dealkylation sites (tertiary alicyclic amines) is 1. The summed E-state index contributed by atoms with van der Waals surface area (Å²) in [6.45, 7) is 0.658. The minimum absolute atomic E-state index is 0.115. The van der Waals surface area contributed by atoms with Crippen LogP contribution < -0.4 is 10.1 Å². The molecule has 0 unspecified atom stereocenters. The molecule has 5 nitrogen and oxygen atoms in total. The lowest BCUT2D eigenvalue weighted by molar-refractivity contribution is -0.121. The molecule has 0 saturated carbocycles. The van der Waals surface area contributed by atoms with Crippen LogP contribution in [0.5, 0.6) is 5.75 Å². The average molecular weight is 465 g/mol. The van der Waals surface area contributed by atoms with Crippen LogP contribution in [0.2, 0.25) is 0 Å². The number of rotatable bonds is 6. The lowest BCUT2D eigenvalue weighted by atomic mass is 9.95. The fourth-order valence-electron chi connectivity index (χ4n) is 4.23. The van der Waals surface area contributed by atoms with Gasteiger partial charge in [0.25, 0.3) is 5.91 Å². The van der Waals surface area contributed by atoms with Gasteiger partial charge in [-0.05, 0) is 48.7 Å². The minimum atomic E-state index is -0.879. The van der Waals surface area contributed by atoms with Crippen LogP contribution in [0.25, 0.3) is 0 Å². The number of piperidine rings is 1. The predicted octanol–water partition coefficient (Wildman–Crippen LogP) is 5.06. The lowest BCUT2D eigenvalue weighted by Gasteiger charge is -2.31. The summed E-state index contributed by atoms with van der Waals surface area (Å²) in [5.74, 6) is -1.72. The minimum Gasteiger partial charge on any atom is -0.496 e. The Morgan fingerprint density at radius 1 is 1.00 bits per heavy atom. The number of halogens is 2. The summed E-state index contributed by atoms with van der Waals surface area (Å²) in [5.41, 5.74) is 2.63. The van der Waals surface area contributed by atoms with Crippen molar-refractivity contribution < 1.29 is 23.1 Å². The molecule has 0 spiro atoms. The number of ether oxygens (including phenoxy) is 1. The molecule has 176 valence electrons. The van der Waals surface area contributed by atoms with Gasteiger partial charge in [0.2, 0.25) is 5.91 Å². The zero-order valence-electron chi connectivity index (χ0n) is 18.9. The van der Waals surface area contributed by atoms with E-state index in [0.717, 1.165) is 29.0 Å². The summed E-state index contributed by atoms with van der Waals surface area (Å²) in [4.78, 5) is 27.0. The normalized spacial score (nSPS) is 14.0. The van der Waals surface area contributed by atoms with E-state index >= 15 is 0 Å². The molecular formula is C27H26F2N2O3. The van der Waals surface area contributed by atoms with Gasteiger partial charge >= 0.3 is 0 Å². The van der Waals surface area contributed by atoms with E-state index in [4.69, 9.17) is 4.74 Å². The van der Waals surface area contributed by atoms with E-state index in [1.807, 2.05) is 42.5 Å². The van der Waals surface area contributed by atoms with Crippen molar-refractivity contribution in [2.24, 2.45) is 5.92 Å². The Morgan fingerprint density at radius 2 is 1.74 bits per heavy atom. The summed E-state index contributed by atoms with van der Waals surface area (Å²) < 4.78 is 32.6. The molecule has 3 aromatic carbocycles. The van der Waals surface area contributed by atoms with Gasteiger partial charge in [-0.3, -0.25) is 9.59 Å². The zero-order valence-corrected chi connectivity index (χ0v) is 18.9. The van der Waals surface area contributed by atoms with Gasteiger partial charge in [-0.1, -0.05) is 30.3 Å². The topological polar surface area (TPSA) is 58.6 Å². The number of nitrogens with zero attached hydrogens (tertiary/aromatic N) is 1. The molecular weight excluding hydrogens is 438 g/mol. The Labute approximate surface area is 197 Å². The van der Waals surface area contributed by atoms with E-state index in [1.54, 1.807) is 13.2 Å². The highest BCUT2D eigenvalue weighted by Gasteiger charge is 2.29. The van der Waals surface area contributed by atoms with Gasteiger partial charge < -0.3 is 15.0 Å². The number of carbonyl (C=O) groups is 2. The number of methoxy groups -OCH3 is 1. The Morgan fingerprint density at radius 3 is 2.41 bits per heavy atom. The van der Waals surface area contributed by atoms with Crippen LogP contribution >= 0.6 is 0 Å². The number of carbonyl (C=O) groups excluding carboxylic acids is 2. The van der Waals surface area contributed by atoms with Crippen LogP contribution in [0.4, 0.5) is 14.5 Å². The van der Waals surface area contributed by atoms with Crippen LogP contribution in [-0.2, 0) is 11.2 Å². The first-order valence-corrected chi connectivity index (χ1v) is 11.2. The maximum absolute atomic E-state index is 14.0. The zero-order chi connectivity index (χ0) is 24.1. The third-order valence-electron chi connectivity index (χ3n) is 6.10. The molecule has 1 aliphatic heterocycles. The van der Waals surface area contributed by atoms with E-state index < -0.39 is 17.5 Å². The third-order valence-corrected chi connectivity index (χ3v) is 6.10. The molecule has 2 amide bonds. The van der Waals surface area contributed by atoms with Gasteiger partial charge in [0.1, 0.15) is 17.4 Å². The van der Waals surface area contributed by atoms with Gasteiger partial charge in [0.15, 0.2) is 0 Å². The maximum atomic E-state index is 14.0. The van der Waals surface area contributed by atoms with Crippen molar-refractivity contribution in [1.82, 2.24) is 4.90 Å². The molecule has 4 rings (SSSR count). The fourth-order valence-corrected chi connectivity index (χ4v) is 4.23. The van der Waals surface area contributed by atoms with Crippen molar-refractivity contribution in [1.29, 1.82) is 0 Å². The highest BCUT2D eigenvalue weighted by molar-refractivity contribution is 5.95. The molecule has 1 saturated heterocycles. The van der Waals surface area contributed by atoms with Crippen LogP contribution in [-0.4, -0.2) is 36.9 Å². The van der Waals surface area contributed by atoms with Gasteiger partial charge in [0, 0.05) is 42.7 Å². The second kappa shape index (κ2) is 10.5. The van der Waals surface area contributed by atoms with Gasteiger partial charge in [0.05, 0.1) is 12.7 Å². The summed E-state index contributed by atoms with van der Waals surface area (Å²) in [6, 6.07) is 18.5. The number of hydrogen-bond acceptors (Lipinski definition) is 3. The first-order valence-electron chi connectivity index (χ1n) is 11.2. The van der Waals surface area contributed by atoms with Crippen molar-refractivity contribution in [3.05, 3.63) is 95.1 Å². The monoisotopic (exact) mass is 464 g/mol. The van der Waals surface area contributed by atoms with Crippen molar-refractivity contribution in [3.63, 3.8) is 0 Å². The summed E-state index contributed by atoms with van der Waals surface area (Å²) >= 11 is 0. The van der Waals surface area contributed by atoms with E-state index in [2.05, 4.69) is 5.32 Å². The highest BCUT2D eigenvalue weighted by Crippen LogP contribution is 2.27. The molecule has 0 atom stereocenters. The fraction of sp³-hybridized carbons (Fsp3) is 0.259. The van der Waals surface area contributed by atoms with Crippen molar-refractivity contribution in [2.75, 3.05) is 25.5 Å². The summed E-state index contributed by atoms with van der Waals surface area (Å²) in [7, 11) is 1.62. The number of benzene rings is 3. The van der Waals surface area contributed by atoms with E-state index in [0.29, 0.717) is 44.1 Å². The van der Waals surface area contributed by atoms with Crippen molar-refractivity contribution in [2.45, 2.75) is 19.3 Å². The van der Waals surface area contributed by atoms with E-state index in [1.165, 1.54) is 4.90 Å². The smallest absolute Gasteiger partial charge is 0.256 e. The van der Waals surface area contributed by atoms with Gasteiger partial charge in [-0.25, -0.2) is 8.78 Å². The number of hydrogen-bond donors (Lipinski definition) is 1. The summed E-state index contributed by atoms with van der Waals surface area (Å²) in [5, 5.41) is 2.98.